The number of anilines is 2. The van der Waals surface area contributed by atoms with Crippen molar-refractivity contribution in [2.75, 3.05) is 29.1 Å². The van der Waals surface area contributed by atoms with E-state index in [1.54, 1.807) is 12.4 Å². The van der Waals surface area contributed by atoms with E-state index in [9.17, 15) is 4.79 Å². The number of carbonyl (C=O) groups excluding carboxylic acids is 1. The summed E-state index contributed by atoms with van der Waals surface area (Å²) in [5.74, 6) is 1.04. The number of hydrogen-bond donors (Lipinski definition) is 1. The highest BCUT2D eigenvalue weighted by molar-refractivity contribution is 7.99. The van der Waals surface area contributed by atoms with Crippen molar-refractivity contribution in [3.05, 3.63) is 48.8 Å². The van der Waals surface area contributed by atoms with Gasteiger partial charge in [0.15, 0.2) is 11.0 Å². The van der Waals surface area contributed by atoms with Gasteiger partial charge in [-0.15, -0.1) is 10.2 Å². The summed E-state index contributed by atoms with van der Waals surface area (Å²) in [5, 5.41) is 12.4. The Bertz CT molecular complexity index is 997. The molecule has 3 aromatic rings. The second kappa shape index (κ2) is 11.1. The molecule has 3 heterocycles. The minimum atomic E-state index is -0.0472. The molecule has 1 aromatic carbocycles. The van der Waals surface area contributed by atoms with Gasteiger partial charge in [0.05, 0.1) is 5.75 Å². The van der Waals surface area contributed by atoms with E-state index in [1.807, 2.05) is 24.3 Å². The monoisotopic (exact) mass is 450 g/mol. The van der Waals surface area contributed by atoms with Crippen LogP contribution in [-0.2, 0) is 11.3 Å². The summed E-state index contributed by atoms with van der Waals surface area (Å²) in [6.45, 7) is 5.14. The second-order valence-corrected chi connectivity index (χ2v) is 8.92. The highest BCUT2D eigenvalue weighted by Gasteiger charge is 2.15. The quantitative estimate of drug-likeness (QED) is 0.494. The lowest BCUT2D eigenvalue weighted by atomic mass is 10.2. The zero-order chi connectivity index (χ0) is 22.2. The van der Waals surface area contributed by atoms with Crippen LogP contribution in [0.1, 0.15) is 39.0 Å². The van der Waals surface area contributed by atoms with Gasteiger partial charge in [-0.05, 0) is 55.7 Å². The number of benzene rings is 1. The molecule has 1 saturated heterocycles. The van der Waals surface area contributed by atoms with E-state index in [1.165, 1.54) is 43.1 Å². The van der Waals surface area contributed by atoms with Crippen molar-refractivity contribution in [2.24, 2.45) is 0 Å². The third kappa shape index (κ3) is 5.68. The van der Waals surface area contributed by atoms with Gasteiger partial charge in [-0.1, -0.05) is 31.5 Å². The Morgan fingerprint density at radius 1 is 1.00 bits per heavy atom. The molecule has 0 atom stereocenters. The number of aromatic nitrogens is 4. The summed E-state index contributed by atoms with van der Waals surface area (Å²) in [6.07, 6.45) is 9.59. The summed E-state index contributed by atoms with van der Waals surface area (Å²) in [5.41, 5.74) is 3.03. The summed E-state index contributed by atoms with van der Waals surface area (Å²) in [6, 6.07) is 12.0. The van der Waals surface area contributed by atoms with Gasteiger partial charge in [0.25, 0.3) is 0 Å². The molecule has 1 aliphatic heterocycles. The Morgan fingerprint density at radius 3 is 2.41 bits per heavy atom. The van der Waals surface area contributed by atoms with Gasteiger partial charge in [-0.25, -0.2) is 0 Å². The van der Waals surface area contributed by atoms with Gasteiger partial charge >= 0.3 is 0 Å². The molecule has 7 nitrogen and oxygen atoms in total. The lowest BCUT2D eigenvalue weighted by molar-refractivity contribution is -0.113. The molecule has 0 bridgehead atoms. The Hall–Kier alpha value is -2.87. The molecule has 2 aromatic heterocycles. The van der Waals surface area contributed by atoms with Crippen LogP contribution in [0.15, 0.2) is 53.9 Å². The van der Waals surface area contributed by atoms with Crippen LogP contribution < -0.4 is 10.2 Å². The molecule has 1 N–H and O–H groups in total. The van der Waals surface area contributed by atoms with Crippen molar-refractivity contribution in [1.29, 1.82) is 0 Å². The number of nitrogens with zero attached hydrogens (tertiary/aromatic N) is 5. The molecule has 0 aliphatic carbocycles. The van der Waals surface area contributed by atoms with Gasteiger partial charge in [0.1, 0.15) is 0 Å². The average Bonchev–Trinajstić information content (AvgIpc) is 3.03. The predicted molar refractivity (Wildman–Crippen MR) is 130 cm³/mol. The van der Waals surface area contributed by atoms with Gasteiger partial charge in [0.2, 0.25) is 5.91 Å². The third-order valence-corrected chi connectivity index (χ3v) is 6.52. The molecule has 0 saturated carbocycles. The second-order valence-electron chi connectivity index (χ2n) is 7.98. The smallest absolute Gasteiger partial charge is 0.234 e. The first-order valence-electron chi connectivity index (χ1n) is 11.4. The molecule has 0 unspecified atom stereocenters. The third-order valence-electron chi connectivity index (χ3n) is 5.56. The predicted octanol–water partition coefficient (Wildman–Crippen LogP) is 4.86. The molecule has 8 heteroatoms. The normalized spacial score (nSPS) is 14.2. The van der Waals surface area contributed by atoms with Crippen molar-refractivity contribution < 1.29 is 4.79 Å². The van der Waals surface area contributed by atoms with Crippen LogP contribution in [0.5, 0.6) is 0 Å². The molecule has 1 amide bonds. The number of pyridine rings is 1. The zero-order valence-electron chi connectivity index (χ0n) is 18.5. The minimum Gasteiger partial charge on any atom is -0.372 e. The van der Waals surface area contributed by atoms with Crippen molar-refractivity contribution in [3.8, 4) is 11.4 Å². The van der Waals surface area contributed by atoms with E-state index >= 15 is 0 Å². The summed E-state index contributed by atoms with van der Waals surface area (Å²) in [7, 11) is 0. The maximum absolute atomic E-state index is 12.6. The summed E-state index contributed by atoms with van der Waals surface area (Å²) >= 11 is 1.41. The van der Waals surface area contributed by atoms with E-state index in [-0.39, 0.29) is 11.7 Å². The average molecular weight is 451 g/mol. The molecule has 32 heavy (non-hydrogen) atoms. The van der Waals surface area contributed by atoms with Crippen LogP contribution >= 0.6 is 11.8 Å². The summed E-state index contributed by atoms with van der Waals surface area (Å²) in [4.78, 5) is 19.1. The van der Waals surface area contributed by atoms with Gasteiger partial charge in [-0.3, -0.25) is 9.78 Å². The molecule has 168 valence electrons. The first-order chi connectivity index (χ1) is 15.7. The Labute approximate surface area is 193 Å². The fraction of sp³-hybridized carbons (Fsp3) is 0.417. The van der Waals surface area contributed by atoms with Crippen LogP contribution in [0.4, 0.5) is 11.4 Å². The highest BCUT2D eigenvalue weighted by atomic mass is 32.2. The van der Waals surface area contributed by atoms with Crippen LogP contribution in [0, 0.1) is 0 Å². The SMILES string of the molecule is CCCn1c(SCC(=O)Nc2ccc(N3CCCCCC3)cc2)nnc1-c1ccncc1. The summed E-state index contributed by atoms with van der Waals surface area (Å²) < 4.78 is 2.07. The fourth-order valence-corrected chi connectivity index (χ4v) is 4.71. The molecule has 1 fully saturated rings. The number of nitrogens with one attached hydrogen (secondary N) is 1. The van der Waals surface area contributed by atoms with Crippen molar-refractivity contribution in [2.45, 2.75) is 50.7 Å². The minimum absolute atomic E-state index is 0.0472. The van der Waals surface area contributed by atoms with E-state index in [2.05, 4.69) is 49.0 Å². The van der Waals surface area contributed by atoms with Crippen molar-refractivity contribution in [1.82, 2.24) is 19.7 Å². The maximum atomic E-state index is 12.6. The molecule has 4 rings (SSSR count). The Balaban J connectivity index is 1.35. The number of thioether (sulfide) groups is 1. The zero-order valence-corrected chi connectivity index (χ0v) is 19.4. The van der Waals surface area contributed by atoms with Crippen molar-refractivity contribution in [3.63, 3.8) is 0 Å². The van der Waals surface area contributed by atoms with Crippen LogP contribution in [-0.4, -0.2) is 44.5 Å². The lowest BCUT2D eigenvalue weighted by Gasteiger charge is -2.22. The van der Waals surface area contributed by atoms with E-state index in [0.29, 0.717) is 0 Å². The molecule has 0 radical (unpaired) electrons. The number of hydrogen-bond acceptors (Lipinski definition) is 6. The van der Waals surface area contributed by atoms with Crippen LogP contribution in [0.25, 0.3) is 11.4 Å². The van der Waals surface area contributed by atoms with Gasteiger partial charge in [-0.2, -0.15) is 0 Å². The van der Waals surface area contributed by atoms with E-state index in [0.717, 1.165) is 48.3 Å². The first-order valence-corrected chi connectivity index (χ1v) is 12.3. The molecule has 1 aliphatic rings. The Kier molecular flexibility index (Phi) is 7.77. The van der Waals surface area contributed by atoms with Crippen LogP contribution in [0.3, 0.4) is 0 Å². The largest absolute Gasteiger partial charge is 0.372 e. The number of amides is 1. The van der Waals surface area contributed by atoms with Crippen molar-refractivity contribution >= 4 is 29.0 Å². The molecular weight excluding hydrogens is 420 g/mol. The first kappa shape index (κ1) is 22.3. The topological polar surface area (TPSA) is 75.9 Å². The number of carbonyl (C=O) groups is 1. The highest BCUT2D eigenvalue weighted by Crippen LogP contribution is 2.25. The van der Waals surface area contributed by atoms with Gasteiger partial charge < -0.3 is 14.8 Å². The van der Waals surface area contributed by atoms with E-state index in [4.69, 9.17) is 0 Å². The maximum Gasteiger partial charge on any atom is 0.234 e. The molecular formula is C24H30N6OS. The number of rotatable bonds is 8. The lowest BCUT2D eigenvalue weighted by Crippen LogP contribution is -2.23. The Morgan fingerprint density at radius 2 is 1.72 bits per heavy atom. The van der Waals surface area contributed by atoms with Crippen LogP contribution in [0.2, 0.25) is 0 Å². The fourth-order valence-electron chi connectivity index (χ4n) is 3.95. The standard InChI is InChI=1S/C24H30N6OS/c1-2-15-30-23(19-11-13-25-14-12-19)27-28-24(30)32-18-22(31)26-20-7-9-21(10-8-20)29-16-5-3-4-6-17-29/h7-14H,2-6,15-18H2,1H3,(H,26,31). The van der Waals surface area contributed by atoms with E-state index < -0.39 is 0 Å². The van der Waals surface area contributed by atoms with Gasteiger partial charge in [0, 0.05) is 49.0 Å². The molecule has 0 spiro atoms.